The molecular formula is C17H15FO2. The molecule has 3 rings (SSSR count). The lowest BCUT2D eigenvalue weighted by Crippen LogP contribution is -1.99. The van der Waals surface area contributed by atoms with E-state index >= 15 is 0 Å². The molecule has 0 radical (unpaired) electrons. The molecule has 2 nitrogen and oxygen atoms in total. The Bertz CT molecular complexity index is 754. The van der Waals surface area contributed by atoms with E-state index < -0.39 is 6.10 Å². The van der Waals surface area contributed by atoms with Gasteiger partial charge >= 0.3 is 0 Å². The number of benzene rings is 2. The molecule has 0 amide bonds. The lowest BCUT2D eigenvalue weighted by Gasteiger charge is -2.10. The number of aryl methyl sites for hydroxylation is 2. The third kappa shape index (κ3) is 2.32. The molecule has 0 saturated heterocycles. The summed E-state index contributed by atoms with van der Waals surface area (Å²) in [6, 6.07) is 11.9. The summed E-state index contributed by atoms with van der Waals surface area (Å²) in [4.78, 5) is 0. The molecule has 0 aliphatic heterocycles. The van der Waals surface area contributed by atoms with Crippen LogP contribution in [-0.4, -0.2) is 5.11 Å². The second-order valence-corrected chi connectivity index (χ2v) is 5.15. The Balaban J connectivity index is 2.05. The molecule has 0 fully saturated rings. The second-order valence-electron chi connectivity index (χ2n) is 5.15. The van der Waals surface area contributed by atoms with Crippen LogP contribution >= 0.6 is 0 Å². The maximum absolute atomic E-state index is 13.2. The molecule has 2 aromatic carbocycles. The van der Waals surface area contributed by atoms with Gasteiger partial charge in [-0.2, -0.15) is 0 Å². The highest BCUT2D eigenvalue weighted by Gasteiger charge is 2.16. The van der Waals surface area contributed by atoms with E-state index in [4.69, 9.17) is 4.42 Å². The Morgan fingerprint density at radius 3 is 2.40 bits per heavy atom. The van der Waals surface area contributed by atoms with Crippen LogP contribution in [0, 0.1) is 19.7 Å². The van der Waals surface area contributed by atoms with E-state index in [1.54, 1.807) is 12.1 Å². The molecule has 1 N–H and O–H groups in total. The summed E-state index contributed by atoms with van der Waals surface area (Å²) in [6.45, 7) is 3.97. The van der Waals surface area contributed by atoms with Crippen molar-refractivity contribution in [2.24, 2.45) is 0 Å². The van der Waals surface area contributed by atoms with E-state index in [0.29, 0.717) is 16.7 Å². The van der Waals surface area contributed by atoms with Gasteiger partial charge in [0, 0.05) is 5.39 Å². The lowest BCUT2D eigenvalue weighted by atomic mass is 10.0. The molecule has 0 spiro atoms. The Morgan fingerprint density at radius 2 is 1.70 bits per heavy atom. The molecule has 102 valence electrons. The number of aliphatic hydroxyl groups excluding tert-OH is 1. The van der Waals surface area contributed by atoms with Crippen LogP contribution in [0.4, 0.5) is 4.39 Å². The molecule has 0 bridgehead atoms. The Hall–Kier alpha value is -2.13. The fourth-order valence-corrected chi connectivity index (χ4v) is 2.50. The van der Waals surface area contributed by atoms with Crippen molar-refractivity contribution in [1.82, 2.24) is 0 Å². The topological polar surface area (TPSA) is 33.4 Å². The van der Waals surface area contributed by atoms with Crippen LogP contribution in [0.1, 0.15) is 28.6 Å². The van der Waals surface area contributed by atoms with Crippen molar-refractivity contribution in [1.29, 1.82) is 0 Å². The van der Waals surface area contributed by atoms with Gasteiger partial charge in [0.05, 0.1) is 0 Å². The van der Waals surface area contributed by atoms with Crippen molar-refractivity contribution < 1.29 is 13.9 Å². The van der Waals surface area contributed by atoms with Gasteiger partial charge in [-0.1, -0.05) is 29.3 Å². The molecule has 0 aliphatic rings. The van der Waals surface area contributed by atoms with Crippen molar-refractivity contribution in [2.75, 3.05) is 0 Å². The molecule has 1 atom stereocenters. The van der Waals surface area contributed by atoms with Crippen LogP contribution in [-0.2, 0) is 0 Å². The zero-order valence-corrected chi connectivity index (χ0v) is 11.4. The minimum Gasteiger partial charge on any atom is -0.458 e. The van der Waals surface area contributed by atoms with Crippen molar-refractivity contribution in [3.63, 3.8) is 0 Å². The van der Waals surface area contributed by atoms with Gasteiger partial charge in [0.15, 0.2) is 0 Å². The summed E-state index contributed by atoms with van der Waals surface area (Å²) in [7, 11) is 0. The molecule has 20 heavy (non-hydrogen) atoms. The minimum atomic E-state index is -0.843. The maximum Gasteiger partial charge on any atom is 0.138 e. The maximum atomic E-state index is 13.2. The number of rotatable bonds is 2. The summed E-state index contributed by atoms with van der Waals surface area (Å²) in [5.74, 6) is 0.112. The van der Waals surface area contributed by atoms with Gasteiger partial charge in [0.2, 0.25) is 0 Å². The first kappa shape index (κ1) is 12.9. The van der Waals surface area contributed by atoms with Crippen LogP contribution < -0.4 is 0 Å². The van der Waals surface area contributed by atoms with Crippen molar-refractivity contribution in [2.45, 2.75) is 20.0 Å². The van der Waals surface area contributed by atoms with Gasteiger partial charge < -0.3 is 9.52 Å². The standard InChI is InChI=1S/C17H15FO2/c1-10-5-11(2)7-13(6-10)17(19)16-9-12-8-14(18)3-4-15(12)20-16/h3-9,17,19H,1-2H3. The van der Waals surface area contributed by atoms with Crippen LogP contribution in [0.25, 0.3) is 11.0 Å². The van der Waals surface area contributed by atoms with Crippen LogP contribution in [0.15, 0.2) is 46.9 Å². The molecule has 1 heterocycles. The number of aliphatic hydroxyl groups is 1. The first-order valence-electron chi connectivity index (χ1n) is 6.48. The first-order valence-corrected chi connectivity index (χ1v) is 6.48. The Morgan fingerprint density at radius 1 is 1.00 bits per heavy atom. The van der Waals surface area contributed by atoms with Gasteiger partial charge in [0.1, 0.15) is 23.3 Å². The number of hydrogen-bond acceptors (Lipinski definition) is 2. The summed E-state index contributed by atoms with van der Waals surface area (Å²) in [5, 5.41) is 11.1. The highest BCUT2D eigenvalue weighted by molar-refractivity contribution is 5.78. The minimum absolute atomic E-state index is 0.314. The van der Waals surface area contributed by atoms with E-state index in [2.05, 4.69) is 0 Å². The molecule has 0 saturated carbocycles. The normalized spacial score (nSPS) is 12.8. The molecule has 1 unspecified atom stereocenters. The Kier molecular flexibility index (Phi) is 3.07. The van der Waals surface area contributed by atoms with Crippen molar-refractivity contribution >= 4 is 11.0 Å². The van der Waals surface area contributed by atoms with E-state index in [9.17, 15) is 9.50 Å². The summed E-state index contributed by atoms with van der Waals surface area (Å²) in [6.07, 6.45) is -0.843. The number of fused-ring (bicyclic) bond motifs is 1. The van der Waals surface area contributed by atoms with Crippen molar-refractivity contribution in [3.05, 3.63) is 70.7 Å². The molecule has 1 aromatic heterocycles. The fourth-order valence-electron chi connectivity index (χ4n) is 2.50. The van der Waals surface area contributed by atoms with E-state index in [1.165, 1.54) is 12.1 Å². The number of halogens is 1. The highest BCUT2D eigenvalue weighted by Crippen LogP contribution is 2.29. The third-order valence-electron chi connectivity index (χ3n) is 3.33. The predicted octanol–water partition coefficient (Wildman–Crippen LogP) is 4.27. The third-order valence-corrected chi connectivity index (χ3v) is 3.33. The SMILES string of the molecule is Cc1cc(C)cc(C(O)c2cc3cc(F)ccc3o2)c1. The van der Waals surface area contributed by atoms with Gasteiger partial charge in [0.25, 0.3) is 0 Å². The zero-order chi connectivity index (χ0) is 14.3. The highest BCUT2D eigenvalue weighted by atomic mass is 19.1. The molecule has 0 aliphatic carbocycles. The molecule has 3 aromatic rings. The molecule has 3 heteroatoms. The lowest BCUT2D eigenvalue weighted by molar-refractivity contribution is 0.192. The number of furan rings is 1. The predicted molar refractivity (Wildman–Crippen MR) is 76.1 cm³/mol. The second kappa shape index (κ2) is 4.76. The largest absolute Gasteiger partial charge is 0.458 e. The number of hydrogen-bond donors (Lipinski definition) is 1. The van der Waals surface area contributed by atoms with E-state index in [-0.39, 0.29) is 5.82 Å². The summed E-state index contributed by atoms with van der Waals surface area (Å²) < 4.78 is 18.8. The monoisotopic (exact) mass is 270 g/mol. The van der Waals surface area contributed by atoms with E-state index in [0.717, 1.165) is 16.7 Å². The van der Waals surface area contributed by atoms with Crippen LogP contribution in [0.2, 0.25) is 0 Å². The van der Waals surface area contributed by atoms with Gasteiger partial charge in [-0.3, -0.25) is 0 Å². The summed E-state index contributed by atoms with van der Waals surface area (Å²) in [5.41, 5.74) is 3.52. The van der Waals surface area contributed by atoms with Gasteiger partial charge in [-0.15, -0.1) is 0 Å². The quantitative estimate of drug-likeness (QED) is 0.754. The van der Waals surface area contributed by atoms with E-state index in [1.807, 2.05) is 32.0 Å². The fraction of sp³-hybridized carbons (Fsp3) is 0.176. The van der Waals surface area contributed by atoms with Gasteiger partial charge in [-0.05, 0) is 43.7 Å². The summed E-state index contributed by atoms with van der Waals surface area (Å²) >= 11 is 0. The average Bonchev–Trinajstić information content (AvgIpc) is 2.79. The van der Waals surface area contributed by atoms with Crippen molar-refractivity contribution in [3.8, 4) is 0 Å². The smallest absolute Gasteiger partial charge is 0.138 e. The first-order chi connectivity index (χ1) is 9.52. The Labute approximate surface area is 116 Å². The van der Waals surface area contributed by atoms with Crippen LogP contribution in [0.5, 0.6) is 0 Å². The molecular weight excluding hydrogens is 255 g/mol. The van der Waals surface area contributed by atoms with Gasteiger partial charge in [-0.25, -0.2) is 4.39 Å². The zero-order valence-electron chi connectivity index (χ0n) is 11.4. The van der Waals surface area contributed by atoms with Crippen LogP contribution in [0.3, 0.4) is 0 Å². The average molecular weight is 270 g/mol.